The van der Waals surface area contributed by atoms with E-state index in [9.17, 15) is 4.79 Å². The quantitative estimate of drug-likeness (QED) is 0.655. The highest BCUT2D eigenvalue weighted by molar-refractivity contribution is 14.1. The number of pyridine rings is 1. The van der Waals surface area contributed by atoms with Crippen molar-refractivity contribution < 1.29 is 9.53 Å². The first-order valence-electron chi connectivity index (χ1n) is 3.61. The van der Waals surface area contributed by atoms with E-state index in [2.05, 4.69) is 10.3 Å². The average Bonchev–Trinajstić information content (AvgIpc) is 2.16. The van der Waals surface area contributed by atoms with Crippen LogP contribution in [0, 0.1) is 3.70 Å². The van der Waals surface area contributed by atoms with Gasteiger partial charge in [0.1, 0.15) is 9.39 Å². The third kappa shape index (κ3) is 2.30. The molecule has 1 rings (SSSR count). The van der Waals surface area contributed by atoms with Crippen molar-refractivity contribution in [2.24, 2.45) is 0 Å². The predicted octanol–water partition coefficient (Wildman–Crippen LogP) is 1.05. The molecule has 0 radical (unpaired) electrons. The van der Waals surface area contributed by atoms with Crippen LogP contribution in [0.25, 0.3) is 0 Å². The molecule has 0 spiro atoms. The van der Waals surface area contributed by atoms with Crippen LogP contribution < -0.4 is 10.1 Å². The van der Waals surface area contributed by atoms with Crippen molar-refractivity contribution in [3.05, 3.63) is 21.5 Å². The summed E-state index contributed by atoms with van der Waals surface area (Å²) < 4.78 is 5.69. The zero-order valence-corrected chi connectivity index (χ0v) is 9.45. The normalized spacial score (nSPS) is 9.46. The highest BCUT2D eigenvalue weighted by Crippen LogP contribution is 2.17. The lowest BCUT2D eigenvalue weighted by Gasteiger charge is -2.03. The van der Waals surface area contributed by atoms with Gasteiger partial charge >= 0.3 is 0 Å². The van der Waals surface area contributed by atoms with Crippen LogP contribution in [-0.4, -0.2) is 25.0 Å². The van der Waals surface area contributed by atoms with Gasteiger partial charge in [0.15, 0.2) is 5.75 Å². The number of carbonyl (C=O) groups is 1. The second-order valence-electron chi connectivity index (χ2n) is 2.27. The van der Waals surface area contributed by atoms with Gasteiger partial charge in [0.25, 0.3) is 5.91 Å². The number of amides is 1. The van der Waals surface area contributed by atoms with Crippen LogP contribution in [0.3, 0.4) is 0 Å². The second kappa shape index (κ2) is 4.40. The summed E-state index contributed by atoms with van der Waals surface area (Å²) in [4.78, 5) is 15.2. The SMILES string of the molecule is CNC(=O)c1ccc(OC)c(I)n1. The number of halogens is 1. The Morgan fingerprint density at radius 1 is 1.62 bits per heavy atom. The molecule has 5 heteroatoms. The molecular formula is C8H9IN2O2. The maximum atomic E-state index is 11.1. The van der Waals surface area contributed by atoms with E-state index in [1.807, 2.05) is 22.6 Å². The molecule has 0 aliphatic carbocycles. The molecule has 0 saturated heterocycles. The molecule has 1 heterocycles. The molecule has 0 unspecified atom stereocenters. The first kappa shape index (κ1) is 10.2. The molecule has 0 aliphatic rings. The molecule has 0 saturated carbocycles. The second-order valence-corrected chi connectivity index (χ2v) is 3.29. The highest BCUT2D eigenvalue weighted by atomic mass is 127. The van der Waals surface area contributed by atoms with Crippen LogP contribution in [0.4, 0.5) is 0 Å². The van der Waals surface area contributed by atoms with Gasteiger partial charge in [0.05, 0.1) is 7.11 Å². The largest absolute Gasteiger partial charge is 0.494 e. The highest BCUT2D eigenvalue weighted by Gasteiger charge is 2.07. The van der Waals surface area contributed by atoms with Crippen molar-refractivity contribution in [2.45, 2.75) is 0 Å². The standard InChI is InChI=1S/C8H9IN2O2/c1-10-8(12)5-3-4-6(13-2)7(9)11-5/h3-4H,1-2H3,(H,10,12). The minimum absolute atomic E-state index is 0.194. The van der Waals surface area contributed by atoms with Crippen LogP contribution in [0.2, 0.25) is 0 Å². The smallest absolute Gasteiger partial charge is 0.269 e. The van der Waals surface area contributed by atoms with E-state index in [0.29, 0.717) is 15.1 Å². The lowest BCUT2D eigenvalue weighted by molar-refractivity contribution is 0.0958. The summed E-state index contributed by atoms with van der Waals surface area (Å²) in [5, 5.41) is 2.50. The van der Waals surface area contributed by atoms with Crippen molar-refractivity contribution >= 4 is 28.5 Å². The van der Waals surface area contributed by atoms with Gasteiger partial charge in [0.2, 0.25) is 0 Å². The van der Waals surface area contributed by atoms with Crippen molar-refractivity contribution in [3.8, 4) is 5.75 Å². The van der Waals surface area contributed by atoms with Crippen molar-refractivity contribution in [1.29, 1.82) is 0 Å². The van der Waals surface area contributed by atoms with Gasteiger partial charge in [0, 0.05) is 7.05 Å². The molecule has 1 aromatic rings. The Balaban J connectivity index is 3.02. The maximum absolute atomic E-state index is 11.1. The van der Waals surface area contributed by atoms with E-state index >= 15 is 0 Å². The fourth-order valence-electron chi connectivity index (χ4n) is 0.828. The molecule has 70 valence electrons. The molecule has 0 atom stereocenters. The van der Waals surface area contributed by atoms with Crippen molar-refractivity contribution in [1.82, 2.24) is 10.3 Å². The molecule has 4 nitrogen and oxygen atoms in total. The topological polar surface area (TPSA) is 51.2 Å². The number of nitrogens with zero attached hydrogens (tertiary/aromatic N) is 1. The minimum atomic E-state index is -0.194. The summed E-state index contributed by atoms with van der Waals surface area (Å²) in [6, 6.07) is 3.35. The summed E-state index contributed by atoms with van der Waals surface area (Å²) in [6.07, 6.45) is 0. The number of hydrogen-bond donors (Lipinski definition) is 1. The Bertz CT molecular complexity index is 328. The number of rotatable bonds is 2. The molecule has 1 aromatic heterocycles. The monoisotopic (exact) mass is 292 g/mol. The van der Waals surface area contributed by atoms with Gasteiger partial charge in [-0.25, -0.2) is 4.98 Å². The molecule has 0 aliphatic heterocycles. The van der Waals surface area contributed by atoms with Crippen LogP contribution in [0.1, 0.15) is 10.5 Å². The Labute approximate surface area is 89.8 Å². The first-order chi connectivity index (χ1) is 6.19. The van der Waals surface area contributed by atoms with E-state index in [1.54, 1.807) is 26.3 Å². The van der Waals surface area contributed by atoms with E-state index < -0.39 is 0 Å². The number of aromatic nitrogens is 1. The third-order valence-electron chi connectivity index (χ3n) is 1.49. The van der Waals surface area contributed by atoms with Crippen LogP contribution in [0.15, 0.2) is 12.1 Å². The molecule has 0 aromatic carbocycles. The number of nitrogens with one attached hydrogen (secondary N) is 1. The molecular weight excluding hydrogens is 283 g/mol. The Hall–Kier alpha value is -0.850. The van der Waals surface area contributed by atoms with Crippen LogP contribution in [-0.2, 0) is 0 Å². The van der Waals surface area contributed by atoms with Crippen LogP contribution >= 0.6 is 22.6 Å². The van der Waals surface area contributed by atoms with Crippen LogP contribution in [0.5, 0.6) is 5.75 Å². The van der Waals surface area contributed by atoms with Gasteiger partial charge in [-0.05, 0) is 34.7 Å². The van der Waals surface area contributed by atoms with Crippen molar-refractivity contribution in [2.75, 3.05) is 14.2 Å². The van der Waals surface area contributed by atoms with Gasteiger partial charge in [-0.2, -0.15) is 0 Å². The molecule has 1 amide bonds. The zero-order valence-electron chi connectivity index (χ0n) is 7.30. The van der Waals surface area contributed by atoms with E-state index in [1.165, 1.54) is 0 Å². The van der Waals surface area contributed by atoms with Gasteiger partial charge in [-0.3, -0.25) is 4.79 Å². The number of methoxy groups -OCH3 is 1. The molecule has 0 fully saturated rings. The number of ether oxygens (including phenoxy) is 1. The summed E-state index contributed by atoms with van der Waals surface area (Å²) >= 11 is 2.02. The average molecular weight is 292 g/mol. The fourth-order valence-corrected chi connectivity index (χ4v) is 1.49. The predicted molar refractivity (Wildman–Crippen MR) is 56.9 cm³/mol. The Kier molecular flexibility index (Phi) is 3.47. The fraction of sp³-hybridized carbons (Fsp3) is 0.250. The van der Waals surface area contributed by atoms with Gasteiger partial charge in [-0.15, -0.1) is 0 Å². The third-order valence-corrected chi connectivity index (χ3v) is 2.27. The zero-order chi connectivity index (χ0) is 9.84. The minimum Gasteiger partial charge on any atom is -0.494 e. The Morgan fingerprint density at radius 3 is 2.77 bits per heavy atom. The molecule has 0 bridgehead atoms. The molecule has 13 heavy (non-hydrogen) atoms. The number of carbonyl (C=O) groups excluding carboxylic acids is 1. The van der Waals surface area contributed by atoms with E-state index in [4.69, 9.17) is 4.74 Å². The lowest BCUT2D eigenvalue weighted by atomic mass is 10.3. The number of hydrogen-bond acceptors (Lipinski definition) is 3. The van der Waals surface area contributed by atoms with Gasteiger partial charge in [-0.1, -0.05) is 0 Å². The summed E-state index contributed by atoms with van der Waals surface area (Å²) in [5.41, 5.74) is 0.396. The Morgan fingerprint density at radius 2 is 2.31 bits per heavy atom. The summed E-state index contributed by atoms with van der Waals surface area (Å²) in [7, 11) is 3.14. The first-order valence-corrected chi connectivity index (χ1v) is 4.69. The lowest BCUT2D eigenvalue weighted by Crippen LogP contribution is -2.19. The summed E-state index contributed by atoms with van der Waals surface area (Å²) in [5.74, 6) is 0.480. The van der Waals surface area contributed by atoms with E-state index in [-0.39, 0.29) is 5.91 Å². The van der Waals surface area contributed by atoms with Gasteiger partial charge < -0.3 is 10.1 Å². The maximum Gasteiger partial charge on any atom is 0.269 e. The summed E-state index contributed by atoms with van der Waals surface area (Å²) in [6.45, 7) is 0. The molecule has 1 N–H and O–H groups in total. The van der Waals surface area contributed by atoms with E-state index in [0.717, 1.165) is 0 Å². The van der Waals surface area contributed by atoms with Crippen molar-refractivity contribution in [3.63, 3.8) is 0 Å².